The van der Waals surface area contributed by atoms with Crippen molar-refractivity contribution in [1.82, 2.24) is 0 Å². The highest BCUT2D eigenvalue weighted by atomic mass is 16.6. The second kappa shape index (κ2) is 46.0. The first kappa shape index (κ1) is 50.8. The van der Waals surface area contributed by atoms with E-state index in [0.717, 1.165) is 51.4 Å². The molecule has 0 aliphatic carbocycles. The highest BCUT2D eigenvalue weighted by Crippen LogP contribution is 2.14. The maximum absolute atomic E-state index is 12.2. The smallest absolute Gasteiger partial charge is 0.306 e. The first-order valence-electron chi connectivity index (χ1n) is 22.5. The Bertz CT molecular complexity index is 911. The zero-order valence-electron chi connectivity index (χ0n) is 35.0. The van der Waals surface area contributed by atoms with Gasteiger partial charge in [-0.25, -0.2) is 0 Å². The summed E-state index contributed by atoms with van der Waals surface area (Å²) in [4.78, 5) is 12.2. The summed E-state index contributed by atoms with van der Waals surface area (Å²) >= 11 is 0. The molecule has 0 fully saturated rings. The zero-order chi connectivity index (χ0) is 38.4. The summed E-state index contributed by atoms with van der Waals surface area (Å²) in [6.45, 7) is 5.20. The standard InChI is InChI=1S/C49H86O4/c1-3-5-7-9-11-13-15-17-19-21-23-24-25-26-27-28-30-32-34-36-38-40-42-44-49(51)53-48(46-50)47-52-45-43-41-39-37-35-33-31-29-22-20-18-16-14-12-10-8-6-4-2/h5,7,11-14,17-20,23-24,48,50H,3-4,6,8-10,15-16,21-22,25-47H2,1-2H3/b7-5-,13-11-,14-12-,19-17-,20-18-,24-23-. The summed E-state index contributed by atoms with van der Waals surface area (Å²) < 4.78 is 11.2. The van der Waals surface area contributed by atoms with Crippen LogP contribution in [0.2, 0.25) is 0 Å². The lowest BCUT2D eigenvalue weighted by Crippen LogP contribution is -2.27. The fraction of sp³-hybridized carbons (Fsp3) is 0.735. The number of unbranched alkanes of at least 4 members (excludes halogenated alkanes) is 21. The minimum atomic E-state index is -0.543. The number of rotatable bonds is 41. The second-order valence-corrected chi connectivity index (χ2v) is 14.7. The predicted octanol–water partition coefficient (Wildman–Crippen LogP) is 15.0. The number of aliphatic hydroxyl groups is 1. The lowest BCUT2D eigenvalue weighted by molar-refractivity contribution is -0.154. The fourth-order valence-electron chi connectivity index (χ4n) is 6.17. The number of carbonyl (C=O) groups is 1. The van der Waals surface area contributed by atoms with Crippen LogP contribution in [0.4, 0.5) is 0 Å². The molecule has 0 heterocycles. The first-order chi connectivity index (χ1) is 26.2. The monoisotopic (exact) mass is 739 g/mol. The summed E-state index contributed by atoms with van der Waals surface area (Å²) in [6.07, 6.45) is 62.5. The van der Waals surface area contributed by atoms with Crippen molar-refractivity contribution in [2.75, 3.05) is 19.8 Å². The number of aliphatic hydroxyl groups excluding tert-OH is 1. The van der Waals surface area contributed by atoms with Crippen molar-refractivity contribution in [3.8, 4) is 0 Å². The molecule has 4 nitrogen and oxygen atoms in total. The maximum Gasteiger partial charge on any atom is 0.306 e. The minimum Gasteiger partial charge on any atom is -0.457 e. The Hall–Kier alpha value is -2.17. The number of carbonyl (C=O) groups excluding carboxylic acids is 1. The zero-order valence-corrected chi connectivity index (χ0v) is 35.0. The second-order valence-electron chi connectivity index (χ2n) is 14.7. The van der Waals surface area contributed by atoms with Crippen LogP contribution in [0.25, 0.3) is 0 Å². The summed E-state index contributed by atoms with van der Waals surface area (Å²) in [5.41, 5.74) is 0. The number of allylic oxidation sites excluding steroid dienone is 12. The van der Waals surface area contributed by atoms with Gasteiger partial charge in [-0.3, -0.25) is 4.79 Å². The van der Waals surface area contributed by atoms with E-state index in [2.05, 4.69) is 86.8 Å². The van der Waals surface area contributed by atoms with Gasteiger partial charge in [-0.15, -0.1) is 0 Å². The van der Waals surface area contributed by atoms with Crippen LogP contribution in [0.5, 0.6) is 0 Å². The molecule has 1 N–H and O–H groups in total. The molecule has 0 radical (unpaired) electrons. The van der Waals surface area contributed by atoms with Crippen LogP contribution in [0.1, 0.15) is 206 Å². The SMILES string of the molecule is CC/C=C\C/C=C\C/C=C\C/C=C\CCCCCCCCCCCCC(=O)OC(CO)COCCCCCCCCCC/C=C\C/C=C\CCCCC. The molecule has 4 heteroatoms. The Morgan fingerprint density at radius 2 is 0.849 bits per heavy atom. The van der Waals surface area contributed by atoms with Crippen LogP contribution in [-0.2, 0) is 14.3 Å². The van der Waals surface area contributed by atoms with Gasteiger partial charge in [-0.1, -0.05) is 189 Å². The summed E-state index contributed by atoms with van der Waals surface area (Å²) in [7, 11) is 0. The lowest BCUT2D eigenvalue weighted by Gasteiger charge is -2.16. The summed E-state index contributed by atoms with van der Waals surface area (Å²) in [6, 6.07) is 0. The van der Waals surface area contributed by atoms with Gasteiger partial charge in [0, 0.05) is 13.0 Å². The van der Waals surface area contributed by atoms with E-state index in [1.165, 1.54) is 135 Å². The van der Waals surface area contributed by atoms with Gasteiger partial charge >= 0.3 is 5.97 Å². The third-order valence-corrected chi connectivity index (χ3v) is 9.52. The van der Waals surface area contributed by atoms with E-state index >= 15 is 0 Å². The molecule has 0 aromatic heterocycles. The molecule has 1 unspecified atom stereocenters. The van der Waals surface area contributed by atoms with Crippen LogP contribution in [0.15, 0.2) is 72.9 Å². The van der Waals surface area contributed by atoms with Gasteiger partial charge in [-0.2, -0.15) is 0 Å². The van der Waals surface area contributed by atoms with Crippen molar-refractivity contribution in [3.05, 3.63) is 72.9 Å². The van der Waals surface area contributed by atoms with Crippen LogP contribution >= 0.6 is 0 Å². The third-order valence-electron chi connectivity index (χ3n) is 9.52. The fourth-order valence-corrected chi connectivity index (χ4v) is 6.17. The molecule has 0 spiro atoms. The number of hydrogen-bond acceptors (Lipinski definition) is 4. The van der Waals surface area contributed by atoms with Crippen molar-refractivity contribution >= 4 is 5.97 Å². The lowest BCUT2D eigenvalue weighted by atomic mass is 10.0. The van der Waals surface area contributed by atoms with Gasteiger partial charge in [0.2, 0.25) is 0 Å². The molecule has 0 aromatic carbocycles. The Balaban J connectivity index is 3.46. The summed E-state index contributed by atoms with van der Waals surface area (Å²) in [5.74, 6) is -0.209. The summed E-state index contributed by atoms with van der Waals surface area (Å²) in [5, 5.41) is 9.62. The van der Waals surface area contributed by atoms with E-state index in [-0.39, 0.29) is 19.2 Å². The quantitative estimate of drug-likeness (QED) is 0.0385. The highest BCUT2D eigenvalue weighted by Gasteiger charge is 2.13. The van der Waals surface area contributed by atoms with E-state index in [4.69, 9.17) is 9.47 Å². The third kappa shape index (κ3) is 44.1. The van der Waals surface area contributed by atoms with Gasteiger partial charge in [0.15, 0.2) is 0 Å². The highest BCUT2D eigenvalue weighted by molar-refractivity contribution is 5.69. The van der Waals surface area contributed by atoms with E-state index in [0.29, 0.717) is 13.0 Å². The van der Waals surface area contributed by atoms with E-state index in [1.807, 2.05) is 0 Å². The average Bonchev–Trinajstić information content (AvgIpc) is 3.16. The maximum atomic E-state index is 12.2. The van der Waals surface area contributed by atoms with Crippen molar-refractivity contribution in [1.29, 1.82) is 0 Å². The van der Waals surface area contributed by atoms with Crippen molar-refractivity contribution in [2.24, 2.45) is 0 Å². The van der Waals surface area contributed by atoms with Crippen LogP contribution in [0, 0.1) is 0 Å². The molecule has 0 aromatic rings. The molecule has 0 aliphatic rings. The Kier molecular flexibility index (Phi) is 44.1. The van der Waals surface area contributed by atoms with Crippen LogP contribution in [0.3, 0.4) is 0 Å². The van der Waals surface area contributed by atoms with Crippen LogP contribution < -0.4 is 0 Å². The number of esters is 1. The molecule has 1 atom stereocenters. The molecular weight excluding hydrogens is 653 g/mol. The largest absolute Gasteiger partial charge is 0.457 e. The van der Waals surface area contributed by atoms with Gasteiger partial charge in [0.05, 0.1) is 13.2 Å². The molecular formula is C49H86O4. The molecule has 0 rings (SSSR count). The Labute approximate surface area is 329 Å². The van der Waals surface area contributed by atoms with Crippen molar-refractivity contribution < 1.29 is 19.4 Å². The van der Waals surface area contributed by atoms with E-state index in [9.17, 15) is 9.90 Å². The topological polar surface area (TPSA) is 55.8 Å². The van der Waals surface area contributed by atoms with Gasteiger partial charge in [0.1, 0.15) is 6.10 Å². The molecule has 0 aliphatic heterocycles. The van der Waals surface area contributed by atoms with E-state index in [1.54, 1.807) is 0 Å². The minimum absolute atomic E-state index is 0.178. The van der Waals surface area contributed by atoms with Gasteiger partial charge in [-0.05, 0) is 83.5 Å². The Morgan fingerprint density at radius 3 is 1.28 bits per heavy atom. The molecule has 0 saturated carbocycles. The Morgan fingerprint density at radius 1 is 0.472 bits per heavy atom. The normalized spacial score (nSPS) is 13.0. The molecule has 0 saturated heterocycles. The molecule has 0 amide bonds. The number of hydrogen-bond donors (Lipinski definition) is 1. The first-order valence-corrected chi connectivity index (χ1v) is 22.5. The average molecular weight is 739 g/mol. The molecule has 53 heavy (non-hydrogen) atoms. The van der Waals surface area contributed by atoms with Crippen molar-refractivity contribution in [2.45, 2.75) is 213 Å². The molecule has 306 valence electrons. The predicted molar refractivity (Wildman–Crippen MR) is 232 cm³/mol. The molecule has 0 bridgehead atoms. The van der Waals surface area contributed by atoms with Gasteiger partial charge < -0.3 is 14.6 Å². The van der Waals surface area contributed by atoms with E-state index < -0.39 is 6.10 Å². The van der Waals surface area contributed by atoms with Crippen LogP contribution in [-0.4, -0.2) is 37.0 Å². The van der Waals surface area contributed by atoms with Crippen molar-refractivity contribution in [3.63, 3.8) is 0 Å². The number of ether oxygens (including phenoxy) is 2. The van der Waals surface area contributed by atoms with Gasteiger partial charge in [0.25, 0.3) is 0 Å².